The zero-order valence-corrected chi connectivity index (χ0v) is 8.54. The standard InChI is InChI=1S/C10H15NO3/c1-13-9-6-7(3-4-11)5-8(12)10(9)14-2/h5-6,12H,3-4,11H2,1-2H3/p+1. The first-order chi connectivity index (χ1) is 6.72. The van der Waals surface area contributed by atoms with Gasteiger partial charge in [-0.3, -0.25) is 0 Å². The molecule has 0 spiro atoms. The summed E-state index contributed by atoms with van der Waals surface area (Å²) >= 11 is 0. The van der Waals surface area contributed by atoms with Crippen molar-refractivity contribution < 1.29 is 20.3 Å². The summed E-state index contributed by atoms with van der Waals surface area (Å²) in [6, 6.07) is 3.52. The number of phenols is 1. The molecule has 1 aromatic rings. The van der Waals surface area contributed by atoms with E-state index in [1.165, 1.54) is 7.11 Å². The van der Waals surface area contributed by atoms with Crippen LogP contribution < -0.4 is 15.2 Å². The van der Waals surface area contributed by atoms with Gasteiger partial charge in [0.25, 0.3) is 0 Å². The summed E-state index contributed by atoms with van der Waals surface area (Å²) in [5.41, 5.74) is 4.75. The van der Waals surface area contributed by atoms with Gasteiger partial charge < -0.3 is 20.3 Å². The fourth-order valence-corrected chi connectivity index (χ4v) is 1.35. The minimum atomic E-state index is 0.107. The van der Waals surface area contributed by atoms with Crippen LogP contribution in [-0.2, 0) is 6.42 Å². The molecule has 0 radical (unpaired) electrons. The molecule has 0 aliphatic heterocycles. The van der Waals surface area contributed by atoms with Crippen LogP contribution >= 0.6 is 0 Å². The van der Waals surface area contributed by atoms with Crippen molar-refractivity contribution in [2.75, 3.05) is 20.8 Å². The largest absolute Gasteiger partial charge is 0.504 e. The van der Waals surface area contributed by atoms with Gasteiger partial charge in [-0.25, -0.2) is 0 Å². The van der Waals surface area contributed by atoms with Crippen LogP contribution in [-0.4, -0.2) is 25.9 Å². The number of hydrogen-bond donors (Lipinski definition) is 2. The van der Waals surface area contributed by atoms with Crippen LogP contribution in [0, 0.1) is 0 Å². The molecular formula is C10H16NO3+. The molecule has 0 aliphatic carbocycles. The van der Waals surface area contributed by atoms with Crippen molar-refractivity contribution in [2.45, 2.75) is 6.42 Å². The smallest absolute Gasteiger partial charge is 0.203 e. The van der Waals surface area contributed by atoms with Crippen molar-refractivity contribution in [2.24, 2.45) is 0 Å². The summed E-state index contributed by atoms with van der Waals surface area (Å²) in [4.78, 5) is 0. The Balaban J connectivity index is 3.10. The lowest BCUT2D eigenvalue weighted by atomic mass is 10.1. The second kappa shape index (κ2) is 4.72. The van der Waals surface area contributed by atoms with E-state index in [9.17, 15) is 5.11 Å². The van der Waals surface area contributed by atoms with E-state index in [4.69, 9.17) is 9.47 Å². The van der Waals surface area contributed by atoms with Crippen LogP contribution in [0.25, 0.3) is 0 Å². The number of quaternary nitrogens is 1. The maximum Gasteiger partial charge on any atom is 0.203 e. The Morgan fingerprint density at radius 2 is 2.00 bits per heavy atom. The average Bonchev–Trinajstić information content (AvgIpc) is 2.17. The Kier molecular flexibility index (Phi) is 3.59. The molecule has 0 saturated heterocycles. The second-order valence-electron chi connectivity index (χ2n) is 2.95. The van der Waals surface area contributed by atoms with Gasteiger partial charge in [0.05, 0.1) is 20.8 Å². The number of benzene rings is 1. The number of methoxy groups -OCH3 is 2. The lowest BCUT2D eigenvalue weighted by Crippen LogP contribution is -2.51. The van der Waals surface area contributed by atoms with Crippen LogP contribution in [0.2, 0.25) is 0 Å². The maximum atomic E-state index is 9.60. The number of ether oxygens (including phenoxy) is 2. The Bertz CT molecular complexity index is 312. The van der Waals surface area contributed by atoms with Crippen molar-refractivity contribution in [1.82, 2.24) is 0 Å². The molecule has 1 rings (SSSR count). The fourth-order valence-electron chi connectivity index (χ4n) is 1.35. The highest BCUT2D eigenvalue weighted by atomic mass is 16.5. The highest BCUT2D eigenvalue weighted by molar-refractivity contribution is 5.53. The van der Waals surface area contributed by atoms with Gasteiger partial charge >= 0.3 is 0 Å². The fraction of sp³-hybridized carbons (Fsp3) is 0.400. The van der Waals surface area contributed by atoms with Crippen molar-refractivity contribution in [3.05, 3.63) is 17.7 Å². The highest BCUT2D eigenvalue weighted by Gasteiger charge is 2.11. The molecule has 0 fully saturated rings. The minimum Gasteiger partial charge on any atom is -0.504 e. The zero-order chi connectivity index (χ0) is 10.6. The van der Waals surface area contributed by atoms with Gasteiger partial charge in [0, 0.05) is 6.42 Å². The van der Waals surface area contributed by atoms with Crippen LogP contribution in [0.15, 0.2) is 12.1 Å². The van der Waals surface area contributed by atoms with Crippen molar-refractivity contribution >= 4 is 0 Å². The molecule has 4 N–H and O–H groups in total. The van der Waals surface area contributed by atoms with E-state index in [0.717, 1.165) is 18.5 Å². The Hall–Kier alpha value is -1.42. The molecule has 0 aliphatic rings. The summed E-state index contributed by atoms with van der Waals surface area (Å²) < 4.78 is 10.1. The molecule has 78 valence electrons. The molecule has 0 heterocycles. The van der Waals surface area contributed by atoms with Crippen LogP contribution in [0.4, 0.5) is 0 Å². The first-order valence-electron chi connectivity index (χ1n) is 4.46. The molecule has 14 heavy (non-hydrogen) atoms. The number of hydrogen-bond acceptors (Lipinski definition) is 3. The first kappa shape index (κ1) is 10.7. The van der Waals surface area contributed by atoms with E-state index in [0.29, 0.717) is 11.5 Å². The van der Waals surface area contributed by atoms with Gasteiger partial charge in [-0.2, -0.15) is 0 Å². The van der Waals surface area contributed by atoms with Crippen LogP contribution in [0.5, 0.6) is 17.2 Å². The average molecular weight is 198 g/mol. The predicted octanol–water partition coefficient (Wildman–Crippen LogP) is 0.194. The second-order valence-corrected chi connectivity index (χ2v) is 2.95. The molecule has 0 bridgehead atoms. The first-order valence-corrected chi connectivity index (χ1v) is 4.46. The Morgan fingerprint density at radius 1 is 1.29 bits per heavy atom. The van der Waals surface area contributed by atoms with Gasteiger partial charge in [0.1, 0.15) is 0 Å². The van der Waals surface area contributed by atoms with Gasteiger partial charge in [-0.15, -0.1) is 0 Å². The highest BCUT2D eigenvalue weighted by Crippen LogP contribution is 2.37. The summed E-state index contributed by atoms with van der Waals surface area (Å²) in [5, 5.41) is 9.60. The minimum absolute atomic E-state index is 0.107. The molecule has 4 heteroatoms. The molecule has 0 atom stereocenters. The molecule has 0 aromatic heterocycles. The van der Waals surface area contributed by atoms with Gasteiger partial charge in [0.15, 0.2) is 11.5 Å². The molecular weight excluding hydrogens is 182 g/mol. The number of aromatic hydroxyl groups is 1. The Morgan fingerprint density at radius 3 is 2.50 bits per heavy atom. The van der Waals surface area contributed by atoms with Crippen molar-refractivity contribution in [3.63, 3.8) is 0 Å². The van der Waals surface area contributed by atoms with E-state index in [1.54, 1.807) is 13.2 Å². The lowest BCUT2D eigenvalue weighted by Gasteiger charge is -2.10. The topological polar surface area (TPSA) is 66.3 Å². The van der Waals surface area contributed by atoms with Crippen molar-refractivity contribution in [3.8, 4) is 17.2 Å². The molecule has 4 nitrogen and oxygen atoms in total. The van der Waals surface area contributed by atoms with E-state index in [1.807, 2.05) is 6.07 Å². The number of rotatable bonds is 4. The third-order valence-corrected chi connectivity index (χ3v) is 1.98. The summed E-state index contributed by atoms with van der Waals surface area (Å²) in [6.45, 7) is 0.787. The Labute approximate surface area is 83.3 Å². The lowest BCUT2D eigenvalue weighted by molar-refractivity contribution is -0.366. The predicted molar refractivity (Wildman–Crippen MR) is 52.7 cm³/mol. The van der Waals surface area contributed by atoms with E-state index in [2.05, 4.69) is 5.73 Å². The summed E-state index contributed by atoms with van der Waals surface area (Å²) in [6.07, 6.45) is 0.813. The van der Waals surface area contributed by atoms with Gasteiger partial charge in [-0.05, 0) is 17.7 Å². The van der Waals surface area contributed by atoms with Gasteiger partial charge in [0.2, 0.25) is 5.75 Å². The van der Waals surface area contributed by atoms with E-state index in [-0.39, 0.29) is 5.75 Å². The molecule has 1 aromatic carbocycles. The maximum absolute atomic E-state index is 9.60. The molecule has 0 amide bonds. The summed E-state index contributed by atoms with van der Waals surface area (Å²) in [7, 11) is 3.05. The third-order valence-electron chi connectivity index (χ3n) is 1.98. The van der Waals surface area contributed by atoms with E-state index >= 15 is 0 Å². The quantitative estimate of drug-likeness (QED) is 0.726. The van der Waals surface area contributed by atoms with Crippen molar-refractivity contribution in [1.29, 1.82) is 0 Å². The zero-order valence-electron chi connectivity index (χ0n) is 8.54. The molecule has 0 saturated carbocycles. The SMILES string of the molecule is COc1cc(CC[NH3+])cc(O)c1OC. The van der Waals surface area contributed by atoms with Crippen LogP contribution in [0.1, 0.15) is 5.56 Å². The molecule has 0 unspecified atom stereocenters. The van der Waals surface area contributed by atoms with Gasteiger partial charge in [-0.1, -0.05) is 0 Å². The van der Waals surface area contributed by atoms with E-state index < -0.39 is 0 Å². The monoisotopic (exact) mass is 198 g/mol. The third kappa shape index (κ3) is 2.09. The normalized spacial score (nSPS) is 9.93. The number of phenolic OH excluding ortho intramolecular Hbond substituents is 1. The summed E-state index contributed by atoms with van der Waals surface area (Å²) in [5.74, 6) is 1.03. The van der Waals surface area contributed by atoms with Crippen LogP contribution in [0.3, 0.4) is 0 Å².